The number of hydrogen-bond donors (Lipinski definition) is 0. The van der Waals surface area contributed by atoms with Gasteiger partial charge in [0.15, 0.2) is 0 Å². The van der Waals surface area contributed by atoms with Crippen LogP contribution < -0.4 is 0 Å². The molecule has 0 fully saturated rings. The average Bonchev–Trinajstić information content (AvgIpc) is 3.01. The highest BCUT2D eigenvalue weighted by atomic mass is 35.7. The van der Waals surface area contributed by atoms with Crippen molar-refractivity contribution in [3.8, 4) is 0 Å². The fourth-order valence-electron chi connectivity index (χ4n) is 3.70. The van der Waals surface area contributed by atoms with E-state index in [1.54, 1.807) is 0 Å². The van der Waals surface area contributed by atoms with Crippen molar-refractivity contribution in [3.05, 3.63) is 0 Å². The molecule has 0 nitrogen and oxygen atoms in total. The lowest BCUT2D eigenvalue weighted by Crippen LogP contribution is -2.80. The van der Waals surface area contributed by atoms with Gasteiger partial charge in [-0.3, -0.25) is 0 Å². The van der Waals surface area contributed by atoms with Crippen LogP contribution in [-0.2, 0) is 0 Å². The van der Waals surface area contributed by atoms with Gasteiger partial charge in [-0.25, -0.2) is 0 Å². The van der Waals surface area contributed by atoms with E-state index in [9.17, 15) is 162 Å². The molecule has 0 aliphatic carbocycles. The third-order valence-corrected chi connectivity index (χ3v) is 9.87. The van der Waals surface area contributed by atoms with Crippen LogP contribution in [-0.4, -0.2) is 114 Å². The lowest BCUT2D eigenvalue weighted by molar-refractivity contribution is -0.493. The quantitative estimate of drug-likeness (QED) is 0.0687. The number of alkyl halides is 37. The van der Waals surface area contributed by atoms with Gasteiger partial charge in [-0.2, -0.15) is 162 Å². The van der Waals surface area contributed by atoms with Gasteiger partial charge in [-0.05, 0) is 12.6 Å². The fraction of sp³-hybridized carbons (Fsp3) is 1.00. The van der Waals surface area contributed by atoms with Crippen LogP contribution in [0.25, 0.3) is 0 Å². The first-order valence-corrected chi connectivity index (χ1v) is 18.1. The first kappa shape index (κ1) is 59.2. The minimum atomic E-state index is -10.4. The lowest BCUT2D eigenvalue weighted by Gasteiger charge is -2.47. The van der Waals surface area contributed by atoms with Gasteiger partial charge >= 0.3 is 107 Å². The van der Waals surface area contributed by atoms with Crippen molar-refractivity contribution < 1.29 is 162 Å². The summed E-state index contributed by atoms with van der Waals surface area (Å²) >= 11 is 10.1. The lowest BCUT2D eigenvalue weighted by atomic mass is 9.82. The van der Waals surface area contributed by atoms with Crippen molar-refractivity contribution >= 4 is 28.9 Å². The summed E-state index contributed by atoms with van der Waals surface area (Å²) in [5.74, 6) is -165. The molecule has 0 saturated heterocycles. The molecule has 0 N–H and O–H groups in total. The fourth-order valence-corrected chi connectivity index (χ4v) is 5.02. The first-order valence-electron chi connectivity index (χ1n) is 13.3. The van der Waals surface area contributed by atoms with Crippen LogP contribution in [0.1, 0.15) is 6.42 Å². The van der Waals surface area contributed by atoms with Gasteiger partial charge in [-0.1, -0.05) is 0 Å². The summed E-state index contributed by atoms with van der Waals surface area (Å²) in [6, 6.07) is -1.95. The molecule has 368 valence electrons. The summed E-state index contributed by atoms with van der Waals surface area (Å²) in [5.41, 5.74) is 0. The predicted octanol–water partition coefficient (Wildman–Crippen LogP) is 14.3. The van der Waals surface area contributed by atoms with E-state index in [0.29, 0.717) is 6.55 Å². The van der Waals surface area contributed by atoms with Crippen molar-refractivity contribution in [2.75, 3.05) is 0 Å². The zero-order valence-corrected chi connectivity index (χ0v) is 29.2. The molecular weight excluding hydrogens is 1050 g/mol. The normalized spacial score (nSPS) is 17.3. The Hall–Kier alpha value is -1.79. The molecule has 0 spiro atoms. The summed E-state index contributed by atoms with van der Waals surface area (Å²) in [4.78, 5) is 0. The molecule has 0 aromatic rings. The zero-order chi connectivity index (χ0) is 50.9. The van der Waals surface area contributed by atoms with Crippen LogP contribution in [0.15, 0.2) is 0 Å². The summed E-state index contributed by atoms with van der Waals surface area (Å²) in [6.07, 6.45) is -11.6. The standard InChI is InChI=1S/C21H7Cl2F37Si/c1-61(22,23)3-2-4(24,25)5(26,27)6(28,29)7(30,31)8(32,33)9(34,35)10(36,37)11(38,39)12(40,41)13(42,43)14(44,45)15(46,47)16(48,49)17(50,51)18(52,53)19(54,55)20(56,57)21(58,59)60/h2-3H2,1H3. The number of halogens is 39. The largest absolute Gasteiger partial charge is 0.460 e. The molecule has 0 saturated carbocycles. The molecule has 61 heavy (non-hydrogen) atoms. The second-order valence-corrected chi connectivity index (χ2v) is 20.2. The summed E-state index contributed by atoms with van der Waals surface area (Å²) in [7, 11) is 0. The molecule has 0 rings (SSSR count). The zero-order valence-electron chi connectivity index (χ0n) is 26.7. The predicted molar refractivity (Wildman–Crippen MR) is 123 cm³/mol. The maximum Gasteiger partial charge on any atom is 0.460 e. The monoisotopic (exact) mass is 1060 g/mol. The van der Waals surface area contributed by atoms with Crippen molar-refractivity contribution in [3.63, 3.8) is 0 Å². The maximum atomic E-state index is 14.0. The number of rotatable bonds is 19. The molecule has 40 heteroatoms. The molecule has 0 bridgehead atoms. The molecular formula is C21H7Cl2F37Si. The Labute approximate surface area is 318 Å². The Balaban J connectivity index is 7.83. The maximum absolute atomic E-state index is 14.0. The summed E-state index contributed by atoms with van der Waals surface area (Å²) in [6.45, 7) is -3.96. The van der Waals surface area contributed by atoms with E-state index < -0.39 is 126 Å². The summed E-state index contributed by atoms with van der Waals surface area (Å²) in [5, 5.41) is 0. The topological polar surface area (TPSA) is 0 Å². The second kappa shape index (κ2) is 14.6. The van der Waals surface area contributed by atoms with Gasteiger partial charge in [-0.15, -0.1) is 22.2 Å². The Bertz CT molecular complexity index is 1580. The van der Waals surface area contributed by atoms with E-state index in [0.717, 1.165) is 0 Å². The molecule has 0 aromatic carbocycles. The van der Waals surface area contributed by atoms with Gasteiger partial charge in [0.25, 0.3) is 0 Å². The molecule has 0 heterocycles. The third-order valence-electron chi connectivity index (χ3n) is 7.61. The summed E-state index contributed by atoms with van der Waals surface area (Å²) < 4.78 is 505. The minimum Gasteiger partial charge on any atom is -0.200 e. The van der Waals surface area contributed by atoms with Gasteiger partial charge in [0.05, 0.1) is 0 Å². The Morgan fingerprint density at radius 2 is 0.377 bits per heavy atom. The highest BCUT2D eigenvalue weighted by Gasteiger charge is 3.02. The molecule has 0 aromatic heterocycles. The molecule has 0 amide bonds. The van der Waals surface area contributed by atoms with Crippen molar-refractivity contribution in [2.24, 2.45) is 0 Å². The smallest absolute Gasteiger partial charge is 0.200 e. The molecule has 0 aliphatic heterocycles. The van der Waals surface area contributed by atoms with Crippen LogP contribution in [0.3, 0.4) is 0 Å². The van der Waals surface area contributed by atoms with Crippen LogP contribution in [0.4, 0.5) is 162 Å². The van der Waals surface area contributed by atoms with Gasteiger partial charge in [0, 0.05) is 6.42 Å². The van der Waals surface area contributed by atoms with E-state index in [4.69, 9.17) is 22.2 Å². The average molecular weight is 1060 g/mol. The van der Waals surface area contributed by atoms with Gasteiger partial charge in [0.1, 0.15) is 0 Å². The molecule has 0 aliphatic rings. The second-order valence-electron chi connectivity index (χ2n) is 12.0. The van der Waals surface area contributed by atoms with Crippen molar-refractivity contribution in [2.45, 2.75) is 126 Å². The van der Waals surface area contributed by atoms with Crippen LogP contribution in [0.2, 0.25) is 12.6 Å². The van der Waals surface area contributed by atoms with Crippen molar-refractivity contribution in [1.29, 1.82) is 0 Å². The molecule has 0 unspecified atom stereocenters. The first-order chi connectivity index (χ1) is 25.5. The van der Waals surface area contributed by atoms with Crippen LogP contribution >= 0.6 is 22.2 Å². The van der Waals surface area contributed by atoms with E-state index in [2.05, 4.69) is 0 Å². The SMILES string of the molecule is C[Si](Cl)(Cl)CCC(F)(F)C(F)(F)C(F)(F)C(F)(F)C(F)(F)C(F)(F)C(F)(F)C(F)(F)C(F)(F)C(F)(F)C(F)(F)C(F)(F)C(F)(F)C(F)(F)C(F)(F)C(F)(F)C(F)(F)C(F)(F)F. The Kier molecular flexibility index (Phi) is 14.2. The highest BCUT2D eigenvalue weighted by Crippen LogP contribution is 2.70. The Morgan fingerprint density at radius 1 is 0.246 bits per heavy atom. The van der Waals surface area contributed by atoms with Crippen molar-refractivity contribution in [1.82, 2.24) is 0 Å². The van der Waals surface area contributed by atoms with Crippen LogP contribution in [0, 0.1) is 0 Å². The van der Waals surface area contributed by atoms with Crippen LogP contribution in [0.5, 0.6) is 0 Å². The van der Waals surface area contributed by atoms with Gasteiger partial charge < -0.3 is 0 Å². The van der Waals surface area contributed by atoms with Gasteiger partial charge in [0.2, 0.25) is 6.69 Å². The van der Waals surface area contributed by atoms with E-state index in [-0.39, 0.29) is 0 Å². The molecule has 0 atom stereocenters. The van der Waals surface area contributed by atoms with E-state index >= 15 is 0 Å². The highest BCUT2D eigenvalue weighted by molar-refractivity contribution is 7.44. The van der Waals surface area contributed by atoms with E-state index in [1.165, 1.54) is 0 Å². The number of hydrogen-bond acceptors (Lipinski definition) is 0. The minimum absolute atomic E-state index is 0.400. The molecule has 0 radical (unpaired) electrons. The van der Waals surface area contributed by atoms with E-state index in [1.807, 2.05) is 0 Å². The third kappa shape index (κ3) is 7.35. The Morgan fingerprint density at radius 3 is 0.508 bits per heavy atom.